The standard InChI is InChI=1S/C28H16BF12.C14H27N/c1-9-5-13(30)17(25(38)21(9)34)29(18-14(31)6-10(2)22(35)26(18)39,19-15(32)7-11(3)23(36)27(19)40)20-16(33)8-12(4)24(37)28(20)41;1-13(9-5-3-6-10-13)15-14(2)11-7-4-8-12-14/h5-8H,1-4H3;15H,3-12H2,1-2H3/q-1;/p+1. The summed E-state index contributed by atoms with van der Waals surface area (Å²) in [7, 11) is 0. The van der Waals surface area contributed by atoms with Gasteiger partial charge in [-0.3, -0.25) is 0 Å². The van der Waals surface area contributed by atoms with Crippen LogP contribution in [0, 0.1) is 97.5 Å². The molecule has 6 rings (SSSR count). The van der Waals surface area contributed by atoms with Crippen molar-refractivity contribution in [1.29, 1.82) is 0 Å². The highest BCUT2D eigenvalue weighted by molar-refractivity contribution is 7.20. The minimum absolute atomic E-state index is 0.158. The SMILES string of the molecule is CC1([NH2+]C2(C)CCCCC2)CCCCC1.Cc1cc(F)c([B-](c2c(F)cc(C)c(F)c2F)(c2c(F)cc(C)c(F)c2F)c2c(F)cc(C)c(F)c2F)c(F)c1F. The van der Waals surface area contributed by atoms with Crippen LogP contribution in [-0.2, 0) is 0 Å². The minimum Gasteiger partial charge on any atom is -0.337 e. The van der Waals surface area contributed by atoms with E-state index in [0.717, 1.165) is 27.7 Å². The number of nitrogens with two attached hydrogens (primary N) is 1. The smallest absolute Gasteiger partial charge is 0.158 e. The Morgan fingerprint density at radius 1 is 0.375 bits per heavy atom. The monoisotopic (exact) mass is 801 g/mol. The molecule has 4 aromatic carbocycles. The van der Waals surface area contributed by atoms with Gasteiger partial charge in [-0.2, -0.15) is 0 Å². The Labute approximate surface area is 318 Å². The molecule has 0 amide bonds. The summed E-state index contributed by atoms with van der Waals surface area (Å²) < 4.78 is 186. The van der Waals surface area contributed by atoms with Crippen LogP contribution in [0.1, 0.15) is 100 Å². The number of benzene rings is 4. The van der Waals surface area contributed by atoms with Gasteiger partial charge in [-0.05, 0) is 114 Å². The molecule has 0 aliphatic heterocycles. The summed E-state index contributed by atoms with van der Waals surface area (Å²) in [5.41, 5.74) is -10.7. The first-order valence-corrected chi connectivity index (χ1v) is 18.7. The second-order valence-electron chi connectivity index (χ2n) is 16.3. The van der Waals surface area contributed by atoms with Crippen LogP contribution in [0.15, 0.2) is 24.3 Å². The highest BCUT2D eigenvalue weighted by atomic mass is 19.2. The average Bonchev–Trinajstić information content (AvgIpc) is 3.11. The van der Waals surface area contributed by atoms with E-state index in [1.807, 2.05) is 0 Å². The highest BCUT2D eigenvalue weighted by Gasteiger charge is 2.49. The van der Waals surface area contributed by atoms with Crippen molar-refractivity contribution in [3.8, 4) is 0 Å². The van der Waals surface area contributed by atoms with E-state index in [0.29, 0.717) is 11.1 Å². The molecule has 2 N–H and O–H groups in total. The number of hydrogen-bond acceptors (Lipinski definition) is 0. The average molecular weight is 802 g/mol. The zero-order valence-electron chi connectivity index (χ0n) is 32.1. The summed E-state index contributed by atoms with van der Waals surface area (Å²) in [6.45, 7) is 8.20. The zero-order valence-corrected chi connectivity index (χ0v) is 32.1. The molecule has 0 bridgehead atoms. The van der Waals surface area contributed by atoms with Gasteiger partial charge in [0.15, 0.2) is 23.3 Å². The number of aryl methyl sites for hydroxylation is 4. The molecule has 1 nitrogen and oxygen atoms in total. The first kappa shape index (κ1) is 43.2. The van der Waals surface area contributed by atoms with Gasteiger partial charge < -0.3 is 5.32 Å². The molecule has 56 heavy (non-hydrogen) atoms. The van der Waals surface area contributed by atoms with E-state index in [4.69, 9.17) is 0 Å². The van der Waals surface area contributed by atoms with Crippen LogP contribution in [0.2, 0.25) is 0 Å². The lowest BCUT2D eigenvalue weighted by atomic mass is 9.12. The van der Waals surface area contributed by atoms with E-state index in [2.05, 4.69) is 19.2 Å². The maximum atomic E-state index is 15.8. The van der Waals surface area contributed by atoms with Crippen LogP contribution in [0.3, 0.4) is 0 Å². The molecule has 2 aliphatic carbocycles. The summed E-state index contributed by atoms with van der Waals surface area (Å²) in [4.78, 5) is 0. The van der Waals surface area contributed by atoms with Gasteiger partial charge >= 0.3 is 0 Å². The number of halogens is 12. The van der Waals surface area contributed by atoms with Crippen LogP contribution < -0.4 is 27.2 Å². The van der Waals surface area contributed by atoms with Crippen molar-refractivity contribution in [3.63, 3.8) is 0 Å². The molecule has 14 heteroatoms. The molecule has 0 heterocycles. The largest absolute Gasteiger partial charge is 0.337 e. The predicted octanol–water partition coefficient (Wildman–Crippen LogP) is 8.96. The summed E-state index contributed by atoms with van der Waals surface area (Å²) in [5.74, 6) is -26.3. The van der Waals surface area contributed by atoms with E-state index < -0.39 is 120 Å². The second-order valence-corrected chi connectivity index (χ2v) is 16.3. The van der Waals surface area contributed by atoms with Crippen LogP contribution in [0.25, 0.3) is 0 Å². The molecule has 0 unspecified atom stereocenters. The Morgan fingerprint density at radius 2 is 0.589 bits per heavy atom. The van der Waals surface area contributed by atoms with Gasteiger partial charge in [-0.15, -0.1) is 21.9 Å². The molecule has 0 radical (unpaired) electrons. The Balaban J connectivity index is 0.000000332. The van der Waals surface area contributed by atoms with Crippen molar-refractivity contribution in [3.05, 3.63) is 116 Å². The summed E-state index contributed by atoms with van der Waals surface area (Å²) in [5, 5.41) is 2.76. The quantitative estimate of drug-likeness (QED) is 0.114. The fraction of sp³-hybridized carbons (Fsp3) is 0.429. The minimum atomic E-state index is -5.51. The van der Waals surface area contributed by atoms with Crippen LogP contribution >= 0.6 is 0 Å². The topological polar surface area (TPSA) is 16.6 Å². The van der Waals surface area contributed by atoms with Gasteiger partial charge in [-0.1, -0.05) is 12.8 Å². The van der Waals surface area contributed by atoms with Gasteiger partial charge in [0.2, 0.25) is 0 Å². The second kappa shape index (κ2) is 16.1. The Morgan fingerprint density at radius 3 is 0.804 bits per heavy atom. The third kappa shape index (κ3) is 7.58. The fourth-order valence-electron chi connectivity index (χ4n) is 9.21. The highest BCUT2D eigenvalue weighted by Crippen LogP contribution is 2.30. The van der Waals surface area contributed by atoms with Gasteiger partial charge in [0.25, 0.3) is 0 Å². The van der Waals surface area contributed by atoms with Crippen molar-refractivity contribution in [2.24, 2.45) is 0 Å². The Hall–Kier alpha value is -3.94. The molecule has 304 valence electrons. The van der Waals surface area contributed by atoms with Crippen molar-refractivity contribution < 1.29 is 58.0 Å². The molecule has 2 saturated carbocycles. The van der Waals surface area contributed by atoms with E-state index in [-0.39, 0.29) is 24.3 Å². The van der Waals surface area contributed by atoms with Crippen LogP contribution in [0.5, 0.6) is 0 Å². The maximum Gasteiger partial charge on any atom is 0.158 e. The summed E-state index contributed by atoms with van der Waals surface area (Å²) in [6, 6.07) is 0.632. The molecular formula is C42H44BF12N. The number of quaternary nitrogens is 1. The first-order valence-electron chi connectivity index (χ1n) is 18.7. The maximum absolute atomic E-state index is 15.8. The Kier molecular flexibility index (Phi) is 12.4. The Bertz CT molecular complexity index is 1870. The molecule has 2 aliphatic rings. The van der Waals surface area contributed by atoms with Gasteiger partial charge in [-0.25, -0.2) is 52.7 Å². The lowest BCUT2D eigenvalue weighted by Crippen LogP contribution is -3.05. The molecular weight excluding hydrogens is 757 g/mol. The van der Waals surface area contributed by atoms with Gasteiger partial charge in [0.05, 0.1) is 34.3 Å². The van der Waals surface area contributed by atoms with Crippen molar-refractivity contribution >= 4 is 28.0 Å². The number of hydrogen-bond donors (Lipinski definition) is 1. The summed E-state index contributed by atoms with van der Waals surface area (Å²) in [6.07, 6.45) is 9.06. The zero-order chi connectivity index (χ0) is 41.7. The lowest BCUT2D eigenvalue weighted by Gasteiger charge is -2.45. The molecule has 2 fully saturated rings. The lowest BCUT2D eigenvalue weighted by molar-refractivity contribution is -0.789. The van der Waals surface area contributed by atoms with E-state index in [1.165, 1.54) is 64.2 Å². The van der Waals surface area contributed by atoms with Crippen LogP contribution in [0.4, 0.5) is 52.7 Å². The predicted molar refractivity (Wildman–Crippen MR) is 193 cm³/mol. The van der Waals surface area contributed by atoms with Gasteiger partial charge in [0, 0.05) is 25.7 Å². The molecule has 0 atom stereocenters. The fourth-order valence-corrected chi connectivity index (χ4v) is 9.21. The normalized spacial score (nSPS) is 16.8. The molecule has 0 saturated heterocycles. The third-order valence-corrected chi connectivity index (χ3v) is 11.9. The van der Waals surface area contributed by atoms with Crippen LogP contribution in [-0.4, -0.2) is 17.2 Å². The molecule has 0 aromatic heterocycles. The molecule has 4 aromatic rings. The third-order valence-electron chi connectivity index (χ3n) is 11.9. The van der Waals surface area contributed by atoms with E-state index >= 15 is 35.1 Å². The van der Waals surface area contributed by atoms with E-state index in [1.54, 1.807) is 0 Å². The first-order chi connectivity index (χ1) is 26.1. The van der Waals surface area contributed by atoms with Crippen molar-refractivity contribution in [2.45, 2.75) is 117 Å². The van der Waals surface area contributed by atoms with Gasteiger partial charge in [0.1, 0.15) is 29.4 Å². The van der Waals surface area contributed by atoms with Crippen molar-refractivity contribution in [2.75, 3.05) is 0 Å². The van der Waals surface area contributed by atoms with E-state index in [9.17, 15) is 17.6 Å². The summed E-state index contributed by atoms with van der Waals surface area (Å²) >= 11 is 0. The molecule has 0 spiro atoms. The van der Waals surface area contributed by atoms with Crippen molar-refractivity contribution in [1.82, 2.24) is 0 Å². The number of rotatable bonds is 6.